The lowest BCUT2D eigenvalue weighted by molar-refractivity contribution is -0.145. The van der Waals surface area contributed by atoms with E-state index in [-0.39, 0.29) is 58.8 Å². The van der Waals surface area contributed by atoms with Gasteiger partial charge in [-0.2, -0.15) is 0 Å². The van der Waals surface area contributed by atoms with E-state index in [0.29, 0.717) is 11.7 Å². The van der Waals surface area contributed by atoms with Crippen molar-refractivity contribution in [3.05, 3.63) is 107 Å². The summed E-state index contributed by atoms with van der Waals surface area (Å²) in [4.78, 5) is 11.8. The maximum absolute atomic E-state index is 11.8. The van der Waals surface area contributed by atoms with E-state index in [2.05, 4.69) is 99.5 Å². The number of benzene rings is 3. The Balaban J connectivity index is -0.00000208. The Morgan fingerprint density at radius 2 is 0.845 bits per heavy atom. The zero-order valence-electron chi connectivity index (χ0n) is 33.7. The molecule has 0 saturated heterocycles. The normalized spacial score (nSPS) is 13.6. The minimum atomic E-state index is -0.467. The van der Waals surface area contributed by atoms with Crippen LogP contribution in [-0.4, -0.2) is 26.0 Å². The number of rotatable bonds is 7. The summed E-state index contributed by atoms with van der Waals surface area (Å²) in [6, 6.07) is 0. The van der Waals surface area contributed by atoms with Crippen molar-refractivity contribution >= 4 is 5.97 Å². The Bertz CT molecular complexity index is 1920. The molecule has 0 spiro atoms. The van der Waals surface area contributed by atoms with Gasteiger partial charge >= 0.3 is 5.97 Å². The molecule has 4 nitrogen and oxygen atoms in total. The van der Waals surface area contributed by atoms with E-state index in [1.54, 1.807) is 6.92 Å². The Labute approximate surface area is 360 Å². The molecule has 0 atom stereocenters. The lowest BCUT2D eigenvalue weighted by Gasteiger charge is -2.29. The van der Waals surface area contributed by atoms with Crippen molar-refractivity contribution in [2.24, 2.45) is 5.92 Å². The van der Waals surface area contributed by atoms with Gasteiger partial charge in [0, 0.05) is 34.9 Å². The predicted octanol–water partition coefficient (Wildman–Crippen LogP) is 14.8. The number of ether oxygens (including phenoxy) is 3. The number of hydrogen-bond acceptors (Lipinski definition) is 4. The summed E-state index contributed by atoms with van der Waals surface area (Å²) >= 11 is 0. The van der Waals surface area contributed by atoms with Crippen LogP contribution >= 0.6 is 0 Å². The van der Waals surface area contributed by atoms with Gasteiger partial charge in [-0.25, -0.2) is 4.79 Å². The number of hydrogen-bond donors (Lipinski definition) is 0. The number of carbonyl (C=O) groups excluding carboxylic acids is 1. The van der Waals surface area contributed by atoms with Gasteiger partial charge in [0.2, 0.25) is 6.79 Å². The summed E-state index contributed by atoms with van der Waals surface area (Å²) in [5.74, 6) is 15.4. The Morgan fingerprint density at radius 3 is 1.16 bits per heavy atom. The van der Waals surface area contributed by atoms with Crippen LogP contribution in [0.5, 0.6) is 5.75 Å². The second-order valence-corrected chi connectivity index (χ2v) is 14.9. The van der Waals surface area contributed by atoms with Crippen LogP contribution in [-0.2, 0) is 20.7 Å². The fourth-order valence-corrected chi connectivity index (χ4v) is 7.63. The summed E-state index contributed by atoms with van der Waals surface area (Å²) in [5.41, 5.74) is 20.3. The largest absolute Gasteiger partial charge is 0.457 e. The topological polar surface area (TPSA) is 44.8 Å². The molecule has 58 heavy (non-hydrogen) atoms. The fourth-order valence-electron chi connectivity index (χ4n) is 7.63. The van der Waals surface area contributed by atoms with Crippen LogP contribution in [0.4, 0.5) is 0 Å². The maximum Gasteiger partial charge on any atom is 0.335 e. The molecule has 0 bridgehead atoms. The van der Waals surface area contributed by atoms with Crippen molar-refractivity contribution in [3.63, 3.8) is 0 Å². The smallest absolute Gasteiger partial charge is 0.335 e. The third kappa shape index (κ3) is 12.4. The maximum atomic E-state index is 11.8. The highest BCUT2D eigenvalue weighted by atomic mass is 16.7. The average molecular weight is 799 g/mol. The molecule has 0 heterocycles. The van der Waals surface area contributed by atoms with E-state index in [9.17, 15) is 4.79 Å². The lowest BCUT2D eigenvalue weighted by atomic mass is 9.79. The van der Waals surface area contributed by atoms with Crippen molar-refractivity contribution in [2.75, 3.05) is 13.9 Å². The molecule has 1 aliphatic rings. The molecule has 4 rings (SSSR count). The molecule has 1 aliphatic carbocycles. The van der Waals surface area contributed by atoms with Crippen LogP contribution in [0.2, 0.25) is 0 Å². The van der Waals surface area contributed by atoms with Gasteiger partial charge < -0.3 is 14.2 Å². The SMILES string of the molecule is C.C.C.C.C.C.C.C=C(C)C(=O)OCOc1c(C)c(C)c(C#Cc2c(C)c(C)c(C#Cc3c(C)c(C)c(CC4CCC(OC)CC4)c(C)c3C)c(C)c2C)c(C)c1C. The molecule has 326 valence electrons. The van der Waals surface area contributed by atoms with E-state index < -0.39 is 5.97 Å². The molecule has 0 N–H and O–H groups in total. The highest BCUT2D eigenvalue weighted by molar-refractivity contribution is 5.86. The van der Waals surface area contributed by atoms with E-state index >= 15 is 0 Å². The summed E-state index contributed by atoms with van der Waals surface area (Å²) in [6.45, 7) is 31.0. The van der Waals surface area contributed by atoms with Crippen molar-refractivity contribution in [2.45, 2.75) is 180 Å². The molecule has 0 unspecified atom stereocenters. The minimum Gasteiger partial charge on any atom is -0.457 e. The first-order chi connectivity index (χ1) is 24.0. The van der Waals surface area contributed by atoms with Crippen molar-refractivity contribution in [1.82, 2.24) is 0 Å². The molecule has 0 amide bonds. The van der Waals surface area contributed by atoms with Gasteiger partial charge in [-0.1, -0.05) is 82.2 Å². The van der Waals surface area contributed by atoms with Gasteiger partial charge in [-0.15, -0.1) is 0 Å². The van der Waals surface area contributed by atoms with Gasteiger partial charge in [0.05, 0.1) is 6.10 Å². The third-order valence-corrected chi connectivity index (χ3v) is 11.9. The summed E-state index contributed by atoms with van der Waals surface area (Å²) in [6.07, 6.45) is 6.39. The van der Waals surface area contributed by atoms with Crippen LogP contribution in [0.15, 0.2) is 12.2 Å². The quantitative estimate of drug-likeness (QED) is 0.103. The second-order valence-electron chi connectivity index (χ2n) is 14.9. The van der Waals surface area contributed by atoms with Crippen LogP contribution in [0.25, 0.3) is 0 Å². The Hall–Kier alpha value is -4.25. The summed E-state index contributed by atoms with van der Waals surface area (Å²) in [7, 11) is 1.85. The lowest BCUT2D eigenvalue weighted by Crippen LogP contribution is -2.22. The van der Waals surface area contributed by atoms with Gasteiger partial charge in [0.25, 0.3) is 0 Å². The molecule has 0 aliphatic heterocycles. The Morgan fingerprint density at radius 1 is 0.534 bits per heavy atom. The number of esters is 1. The van der Waals surface area contributed by atoms with Crippen LogP contribution in [0.1, 0.15) is 179 Å². The first-order valence-electron chi connectivity index (χ1n) is 18.3. The highest BCUT2D eigenvalue weighted by Gasteiger charge is 2.24. The zero-order chi connectivity index (χ0) is 37.9. The molecule has 3 aromatic carbocycles. The van der Waals surface area contributed by atoms with E-state index in [0.717, 1.165) is 73.7 Å². The molecule has 3 aromatic rings. The van der Waals surface area contributed by atoms with Crippen molar-refractivity contribution < 1.29 is 19.0 Å². The fraction of sp³-hybridized carbons (Fsp3) is 0.537. The van der Waals surface area contributed by atoms with Crippen LogP contribution in [0.3, 0.4) is 0 Å². The van der Waals surface area contributed by atoms with E-state index in [1.807, 2.05) is 21.0 Å². The minimum absolute atomic E-state index is 0. The van der Waals surface area contributed by atoms with Crippen LogP contribution in [0, 0.1) is 113 Å². The molecular weight excluding hydrogens is 713 g/mol. The first kappa shape index (κ1) is 60.4. The number of methoxy groups -OCH3 is 1. The van der Waals surface area contributed by atoms with E-state index in [1.165, 1.54) is 64.6 Å². The molecule has 4 heteroatoms. The highest BCUT2D eigenvalue weighted by Crippen LogP contribution is 2.35. The molecular formula is C54H86O4. The van der Waals surface area contributed by atoms with Gasteiger partial charge in [-0.3, -0.25) is 0 Å². The molecule has 0 radical (unpaired) electrons. The Kier molecular flexibility index (Phi) is 26.3. The molecule has 1 saturated carbocycles. The monoisotopic (exact) mass is 799 g/mol. The zero-order valence-corrected chi connectivity index (χ0v) is 33.7. The summed E-state index contributed by atoms with van der Waals surface area (Å²) < 4.78 is 16.7. The van der Waals surface area contributed by atoms with Crippen molar-refractivity contribution in [3.8, 4) is 29.4 Å². The van der Waals surface area contributed by atoms with Crippen LogP contribution < -0.4 is 4.74 Å². The van der Waals surface area contributed by atoms with Gasteiger partial charge in [0.15, 0.2) is 0 Å². The third-order valence-electron chi connectivity index (χ3n) is 11.9. The second kappa shape index (κ2) is 25.3. The standard InChI is InChI=1S/C47H58O4.7CH4/c1-26(2)47(48)51-25-50-46-37(13)35(11)44(36(12)38(46)14)23-22-42-29(5)27(3)41(28(4)30(42)6)20-21-43-31(7)33(9)45(34(10)32(43)8)24-39-16-18-40(49-15)19-17-39;;;;;;;/h39-40H,1,16-19,24-25H2,2-15H3;7*1H4. The molecule has 0 aromatic heterocycles. The van der Waals surface area contributed by atoms with E-state index in [4.69, 9.17) is 14.2 Å². The summed E-state index contributed by atoms with van der Waals surface area (Å²) in [5, 5.41) is 0. The predicted molar refractivity (Wildman–Crippen MR) is 258 cm³/mol. The first-order valence-corrected chi connectivity index (χ1v) is 18.3. The van der Waals surface area contributed by atoms with Gasteiger partial charge in [0.1, 0.15) is 5.75 Å². The van der Waals surface area contributed by atoms with Crippen molar-refractivity contribution in [1.29, 1.82) is 0 Å². The van der Waals surface area contributed by atoms with Gasteiger partial charge in [-0.05, 0) is 200 Å². The average Bonchev–Trinajstić information content (AvgIpc) is 3.11. The molecule has 1 fully saturated rings. The number of carbonyl (C=O) groups is 1.